The number of ether oxygens (including phenoxy) is 2. The normalized spacial score (nSPS) is 13.5. The van der Waals surface area contributed by atoms with Crippen LogP contribution in [0.25, 0.3) is 49.7 Å². The minimum atomic E-state index is -0.674. The molecule has 1 aromatic heterocycles. The van der Waals surface area contributed by atoms with Crippen molar-refractivity contribution < 1.29 is 9.47 Å². The van der Waals surface area contributed by atoms with Gasteiger partial charge >= 0.3 is 0 Å². The van der Waals surface area contributed by atoms with E-state index in [-0.39, 0.29) is 0 Å². The van der Waals surface area contributed by atoms with Gasteiger partial charge in [0.05, 0.1) is 16.4 Å². The van der Waals surface area contributed by atoms with E-state index >= 15 is 0 Å². The van der Waals surface area contributed by atoms with Crippen LogP contribution < -0.4 is 9.47 Å². The zero-order valence-corrected chi connectivity index (χ0v) is 28.2. The van der Waals surface area contributed by atoms with Gasteiger partial charge in [0.2, 0.25) is 0 Å². The Kier molecular flexibility index (Phi) is 6.17. The molecule has 0 atom stereocenters. The highest BCUT2D eigenvalue weighted by Crippen LogP contribution is 2.63. The Bertz CT molecular complexity index is 2810. The summed E-state index contributed by atoms with van der Waals surface area (Å²) >= 11 is 0. The highest BCUT2D eigenvalue weighted by Gasteiger charge is 2.51. The van der Waals surface area contributed by atoms with Gasteiger partial charge in [-0.05, 0) is 65.2 Å². The summed E-state index contributed by atoms with van der Waals surface area (Å²) in [5.41, 5.74) is 11.6. The summed E-state index contributed by atoms with van der Waals surface area (Å²) in [6, 6.07) is 66.9. The van der Waals surface area contributed by atoms with Crippen LogP contribution in [0.15, 0.2) is 188 Å². The average molecular weight is 666 g/mol. The van der Waals surface area contributed by atoms with Crippen LogP contribution in [0.1, 0.15) is 22.3 Å². The van der Waals surface area contributed by atoms with Crippen LogP contribution in [-0.4, -0.2) is 4.57 Å². The Morgan fingerprint density at radius 1 is 0.365 bits per heavy atom. The molecule has 0 saturated carbocycles. The smallest absolute Gasteiger partial charge is 0.140 e. The SMILES string of the molecule is c1ccc(-c2ccc3c(c2)Oc2c(-c4ccc5c(c4)c4ccccc4n5-c4ccccc4)cccc2C32c3ccccc3Oc3ccccc32)cc1. The molecule has 8 aromatic carbocycles. The van der Waals surface area contributed by atoms with Crippen LogP contribution in [0.5, 0.6) is 23.0 Å². The number of fused-ring (bicyclic) bond motifs is 11. The van der Waals surface area contributed by atoms with Gasteiger partial charge in [-0.2, -0.15) is 0 Å². The van der Waals surface area contributed by atoms with Crippen LogP contribution >= 0.6 is 0 Å². The van der Waals surface area contributed by atoms with E-state index < -0.39 is 5.41 Å². The van der Waals surface area contributed by atoms with Gasteiger partial charge in [-0.1, -0.05) is 140 Å². The second-order valence-corrected chi connectivity index (χ2v) is 13.6. The van der Waals surface area contributed by atoms with Crippen molar-refractivity contribution in [3.63, 3.8) is 0 Å². The third kappa shape index (κ3) is 4.02. The minimum Gasteiger partial charge on any atom is -0.457 e. The van der Waals surface area contributed by atoms with Gasteiger partial charge in [0, 0.05) is 44.3 Å². The standard InChI is InChI=1S/C49H31NO2/c1-3-14-32(15-4-1)33-26-28-41-47(31-33)52-48-36(19-13-22-42(48)49(41)39-20-8-11-24-45(39)51-46-25-12-9-21-40(46)49)34-27-29-44-38(30-34)37-18-7-10-23-43(37)50(44)35-16-5-2-6-17-35/h1-31H. The fourth-order valence-electron chi connectivity index (χ4n) is 8.72. The molecule has 0 unspecified atom stereocenters. The van der Waals surface area contributed by atoms with Gasteiger partial charge in [-0.25, -0.2) is 0 Å². The Morgan fingerprint density at radius 3 is 1.77 bits per heavy atom. The van der Waals surface area contributed by atoms with Crippen molar-refractivity contribution >= 4 is 21.8 Å². The molecule has 11 rings (SSSR count). The molecule has 244 valence electrons. The predicted molar refractivity (Wildman–Crippen MR) is 210 cm³/mol. The first-order chi connectivity index (χ1) is 25.8. The predicted octanol–water partition coefficient (Wildman–Crippen LogP) is 12.7. The van der Waals surface area contributed by atoms with Crippen LogP contribution in [0, 0.1) is 0 Å². The van der Waals surface area contributed by atoms with E-state index in [0.717, 1.165) is 73.2 Å². The fraction of sp³-hybridized carbons (Fsp3) is 0.0204. The molecule has 2 aliphatic rings. The number of nitrogens with zero attached hydrogens (tertiary/aromatic N) is 1. The topological polar surface area (TPSA) is 23.4 Å². The maximum absolute atomic E-state index is 7.21. The van der Waals surface area contributed by atoms with Crippen molar-refractivity contribution in [2.75, 3.05) is 0 Å². The lowest BCUT2D eigenvalue weighted by Crippen LogP contribution is -2.37. The summed E-state index contributed by atoms with van der Waals surface area (Å²) in [6.07, 6.45) is 0. The number of hydrogen-bond donors (Lipinski definition) is 0. The highest BCUT2D eigenvalue weighted by molar-refractivity contribution is 6.10. The number of rotatable bonds is 3. The molecule has 0 N–H and O–H groups in total. The van der Waals surface area contributed by atoms with E-state index in [2.05, 4.69) is 193 Å². The van der Waals surface area contributed by atoms with Crippen LogP contribution in [-0.2, 0) is 5.41 Å². The van der Waals surface area contributed by atoms with Crippen LogP contribution in [0.4, 0.5) is 0 Å². The molecule has 2 aliphatic heterocycles. The molecule has 0 aliphatic carbocycles. The molecular formula is C49H31NO2. The van der Waals surface area contributed by atoms with Crippen molar-refractivity contribution in [1.29, 1.82) is 0 Å². The molecule has 0 saturated heterocycles. The van der Waals surface area contributed by atoms with Gasteiger partial charge in [0.15, 0.2) is 0 Å². The van der Waals surface area contributed by atoms with Gasteiger partial charge in [0.25, 0.3) is 0 Å². The van der Waals surface area contributed by atoms with Crippen LogP contribution in [0.2, 0.25) is 0 Å². The molecule has 3 heteroatoms. The summed E-state index contributed by atoms with van der Waals surface area (Å²) in [5, 5.41) is 2.42. The van der Waals surface area contributed by atoms with E-state index in [4.69, 9.17) is 9.47 Å². The largest absolute Gasteiger partial charge is 0.457 e. The molecule has 52 heavy (non-hydrogen) atoms. The first-order valence-electron chi connectivity index (χ1n) is 17.8. The second kappa shape index (κ2) is 11.1. The summed E-state index contributed by atoms with van der Waals surface area (Å²) in [6.45, 7) is 0. The van der Waals surface area contributed by atoms with E-state index in [1.165, 1.54) is 21.8 Å². The molecule has 9 aromatic rings. The molecule has 0 amide bonds. The van der Waals surface area contributed by atoms with Crippen molar-refractivity contribution in [2.24, 2.45) is 0 Å². The third-order valence-corrected chi connectivity index (χ3v) is 10.9. The van der Waals surface area contributed by atoms with Crippen molar-refractivity contribution in [1.82, 2.24) is 4.57 Å². The molecule has 0 radical (unpaired) electrons. The lowest BCUT2D eigenvalue weighted by atomic mass is 9.62. The Morgan fingerprint density at radius 2 is 0.981 bits per heavy atom. The average Bonchev–Trinajstić information content (AvgIpc) is 3.55. The van der Waals surface area contributed by atoms with Crippen molar-refractivity contribution in [3.05, 3.63) is 210 Å². The maximum Gasteiger partial charge on any atom is 0.140 e. The lowest BCUT2D eigenvalue weighted by molar-refractivity contribution is 0.400. The molecule has 0 bridgehead atoms. The lowest BCUT2D eigenvalue weighted by Gasteiger charge is -2.45. The quantitative estimate of drug-likeness (QED) is 0.187. The first kappa shape index (κ1) is 28.9. The number of benzene rings is 8. The van der Waals surface area contributed by atoms with Gasteiger partial charge < -0.3 is 14.0 Å². The monoisotopic (exact) mass is 665 g/mol. The zero-order valence-electron chi connectivity index (χ0n) is 28.2. The van der Waals surface area contributed by atoms with Crippen molar-refractivity contribution in [3.8, 4) is 50.9 Å². The zero-order chi connectivity index (χ0) is 34.2. The minimum absolute atomic E-state index is 0.674. The molecule has 0 fully saturated rings. The summed E-state index contributed by atoms with van der Waals surface area (Å²) in [7, 11) is 0. The molecule has 3 heterocycles. The van der Waals surface area contributed by atoms with Gasteiger partial charge in [0.1, 0.15) is 23.0 Å². The third-order valence-electron chi connectivity index (χ3n) is 10.9. The number of hydrogen-bond acceptors (Lipinski definition) is 2. The van der Waals surface area contributed by atoms with Crippen molar-refractivity contribution in [2.45, 2.75) is 5.41 Å². The van der Waals surface area contributed by atoms with E-state index in [9.17, 15) is 0 Å². The van der Waals surface area contributed by atoms with E-state index in [1.54, 1.807) is 0 Å². The van der Waals surface area contributed by atoms with Gasteiger partial charge in [-0.3, -0.25) is 0 Å². The summed E-state index contributed by atoms with van der Waals surface area (Å²) < 4.78 is 16.2. The Labute approximate surface area is 301 Å². The summed E-state index contributed by atoms with van der Waals surface area (Å²) in [4.78, 5) is 0. The van der Waals surface area contributed by atoms with Gasteiger partial charge in [-0.15, -0.1) is 0 Å². The van der Waals surface area contributed by atoms with E-state index in [0.29, 0.717) is 0 Å². The number of para-hydroxylation sites is 5. The molecule has 1 spiro atoms. The van der Waals surface area contributed by atoms with Crippen LogP contribution in [0.3, 0.4) is 0 Å². The van der Waals surface area contributed by atoms with E-state index in [1.807, 2.05) is 0 Å². The Hall–Kier alpha value is -6.84. The maximum atomic E-state index is 7.21. The second-order valence-electron chi connectivity index (χ2n) is 13.6. The number of aromatic nitrogens is 1. The molecule has 3 nitrogen and oxygen atoms in total. The first-order valence-corrected chi connectivity index (χ1v) is 17.8. The summed E-state index contributed by atoms with van der Waals surface area (Å²) in [5.74, 6) is 3.41. The molecular weight excluding hydrogens is 635 g/mol. The fourth-order valence-corrected chi connectivity index (χ4v) is 8.72. The highest BCUT2D eigenvalue weighted by atomic mass is 16.5. The Balaban J connectivity index is 1.20.